The minimum Gasteiger partial charge on any atom is -0.444 e. The number of aliphatic hydroxyl groups is 1. The second-order valence-corrected chi connectivity index (χ2v) is 16.9. The molecule has 8 N–H and O–H groups in total. The highest BCUT2D eigenvalue weighted by atomic mass is 16.6. The number of pyridine rings is 1. The number of aromatic amines is 1. The third kappa shape index (κ3) is 14.4. The Morgan fingerprint density at radius 2 is 1.61 bits per heavy atom. The van der Waals surface area contributed by atoms with Gasteiger partial charge in [0.15, 0.2) is 0 Å². The Morgan fingerprint density at radius 1 is 0.946 bits per heavy atom. The summed E-state index contributed by atoms with van der Waals surface area (Å²) in [6.45, 7) is 9.06. The SMILES string of the molecule is CC(C)(N)CNC(=O)[C@H](Cc1ccncc1)C[C@H](O)[C@H](CC1CCCCC1)N(C(=O)OC(C)(C)C)[C@@H](Cc1ccccc1)C(=O)N[C@@H](Cc1c[nH]cn1)C(N)=O. The van der Waals surface area contributed by atoms with Gasteiger partial charge in [0.1, 0.15) is 17.7 Å². The molecule has 0 radical (unpaired) electrons. The summed E-state index contributed by atoms with van der Waals surface area (Å²) in [5, 5.41) is 18.3. The van der Waals surface area contributed by atoms with Gasteiger partial charge in [-0.1, -0.05) is 62.4 Å². The number of aromatic nitrogens is 3. The Kier molecular flexibility index (Phi) is 16.0. The van der Waals surface area contributed by atoms with Crippen molar-refractivity contribution in [2.24, 2.45) is 23.3 Å². The van der Waals surface area contributed by atoms with E-state index in [0.717, 1.165) is 43.2 Å². The van der Waals surface area contributed by atoms with Gasteiger partial charge in [-0.25, -0.2) is 9.78 Å². The molecule has 56 heavy (non-hydrogen) atoms. The second-order valence-electron chi connectivity index (χ2n) is 16.9. The van der Waals surface area contributed by atoms with Gasteiger partial charge in [0.05, 0.1) is 24.2 Å². The van der Waals surface area contributed by atoms with E-state index in [-0.39, 0.29) is 37.6 Å². The number of carbonyl (C=O) groups is 4. The molecule has 5 atom stereocenters. The van der Waals surface area contributed by atoms with Gasteiger partial charge in [0.2, 0.25) is 17.7 Å². The van der Waals surface area contributed by atoms with Gasteiger partial charge in [-0.15, -0.1) is 0 Å². The molecule has 14 heteroatoms. The van der Waals surface area contributed by atoms with Crippen molar-refractivity contribution in [2.45, 2.75) is 134 Å². The van der Waals surface area contributed by atoms with Crippen molar-refractivity contribution in [2.75, 3.05) is 6.54 Å². The van der Waals surface area contributed by atoms with Gasteiger partial charge in [0.25, 0.3) is 0 Å². The number of nitrogens with two attached hydrogens (primary N) is 2. The zero-order chi connectivity index (χ0) is 40.9. The largest absolute Gasteiger partial charge is 0.444 e. The molecule has 0 saturated heterocycles. The number of nitrogens with one attached hydrogen (secondary N) is 3. The third-order valence-corrected chi connectivity index (χ3v) is 10.1. The number of ether oxygens (including phenoxy) is 1. The van der Waals surface area contributed by atoms with Crippen LogP contribution in [0.2, 0.25) is 0 Å². The Hall–Kier alpha value is -4.82. The molecule has 14 nitrogen and oxygen atoms in total. The standard InChI is InChI=1S/C42H62N8O6/c1-41(2,3)56-40(55)50(35(22-29-14-10-7-11-15-29)39(54)49-33(37(43)52)24-32-25-46-27-48-32)34(21-28-12-8-6-9-13-28)36(51)23-31(20-30-16-18-45-19-17-30)38(53)47-26-42(4,5)44/h7,10-11,14-19,25,27-28,31,33-36,51H,6,8-9,12-13,20-24,26,44H2,1-5H3,(H2,43,52)(H,46,48)(H,47,53)(H,49,54)/t31-,33+,34+,35+,36+/m1/s1. The molecule has 306 valence electrons. The molecular formula is C42H62N8O6. The van der Waals surface area contributed by atoms with Crippen LogP contribution in [0.3, 0.4) is 0 Å². The molecule has 0 unspecified atom stereocenters. The number of imidazole rings is 1. The van der Waals surface area contributed by atoms with E-state index < -0.39 is 59.2 Å². The van der Waals surface area contributed by atoms with Crippen molar-refractivity contribution in [3.05, 3.63) is 84.2 Å². The maximum absolute atomic E-state index is 14.7. The predicted octanol–water partition coefficient (Wildman–Crippen LogP) is 3.97. The molecule has 1 saturated carbocycles. The van der Waals surface area contributed by atoms with Gasteiger partial charge >= 0.3 is 6.09 Å². The summed E-state index contributed by atoms with van der Waals surface area (Å²) < 4.78 is 6.04. The van der Waals surface area contributed by atoms with E-state index >= 15 is 0 Å². The minimum absolute atomic E-state index is 0.0224. The molecule has 4 amide bonds. The topological polar surface area (TPSA) is 219 Å². The molecule has 1 aliphatic rings. The van der Waals surface area contributed by atoms with E-state index in [4.69, 9.17) is 16.2 Å². The summed E-state index contributed by atoms with van der Waals surface area (Å²) in [7, 11) is 0. The first-order valence-electron chi connectivity index (χ1n) is 19.7. The van der Waals surface area contributed by atoms with Crippen LogP contribution in [-0.4, -0.2) is 90.7 Å². The van der Waals surface area contributed by atoms with Crippen molar-refractivity contribution >= 4 is 23.8 Å². The zero-order valence-electron chi connectivity index (χ0n) is 33.6. The van der Waals surface area contributed by atoms with E-state index in [9.17, 15) is 24.3 Å². The predicted molar refractivity (Wildman–Crippen MR) is 214 cm³/mol. The highest BCUT2D eigenvalue weighted by Gasteiger charge is 2.43. The zero-order valence-corrected chi connectivity index (χ0v) is 33.6. The molecule has 0 bridgehead atoms. The molecule has 1 aliphatic carbocycles. The monoisotopic (exact) mass is 774 g/mol. The first-order chi connectivity index (χ1) is 26.5. The summed E-state index contributed by atoms with van der Waals surface area (Å²) in [4.78, 5) is 68.6. The molecule has 1 fully saturated rings. The van der Waals surface area contributed by atoms with Crippen LogP contribution in [-0.2, 0) is 38.4 Å². The number of carbonyl (C=O) groups excluding carboxylic acids is 4. The number of benzene rings is 1. The highest BCUT2D eigenvalue weighted by Crippen LogP contribution is 2.33. The maximum Gasteiger partial charge on any atom is 0.411 e. The summed E-state index contributed by atoms with van der Waals surface area (Å²) in [5.41, 5.74) is 12.5. The average molecular weight is 775 g/mol. The normalized spacial score (nSPS) is 16.5. The van der Waals surface area contributed by atoms with Gasteiger partial charge in [-0.3, -0.25) is 24.3 Å². The van der Waals surface area contributed by atoms with Crippen LogP contribution >= 0.6 is 0 Å². The van der Waals surface area contributed by atoms with E-state index in [0.29, 0.717) is 18.5 Å². The van der Waals surface area contributed by atoms with Gasteiger partial charge in [-0.2, -0.15) is 0 Å². The minimum atomic E-state index is -1.27. The second kappa shape index (κ2) is 20.4. The molecule has 2 heterocycles. The van der Waals surface area contributed by atoms with Crippen LogP contribution in [0.4, 0.5) is 4.79 Å². The van der Waals surface area contributed by atoms with Crippen LogP contribution < -0.4 is 22.1 Å². The molecule has 0 aliphatic heterocycles. The number of aliphatic hydroxyl groups excluding tert-OH is 1. The lowest BCUT2D eigenvalue weighted by Gasteiger charge is -2.42. The molecule has 0 spiro atoms. The Labute approximate surface area is 330 Å². The van der Waals surface area contributed by atoms with Crippen LogP contribution in [0.5, 0.6) is 0 Å². The summed E-state index contributed by atoms with van der Waals surface area (Å²) >= 11 is 0. The Morgan fingerprint density at radius 3 is 2.20 bits per heavy atom. The summed E-state index contributed by atoms with van der Waals surface area (Å²) in [6.07, 6.45) is 9.89. The lowest BCUT2D eigenvalue weighted by Crippen LogP contribution is -2.61. The lowest BCUT2D eigenvalue weighted by molar-refractivity contribution is -0.133. The lowest BCUT2D eigenvalue weighted by atomic mass is 9.81. The smallest absolute Gasteiger partial charge is 0.411 e. The van der Waals surface area contributed by atoms with Gasteiger partial charge < -0.3 is 36.9 Å². The number of nitrogens with zero attached hydrogens (tertiary/aromatic N) is 3. The highest BCUT2D eigenvalue weighted by molar-refractivity contribution is 5.91. The molecule has 4 rings (SSSR count). The fraction of sp³-hybridized carbons (Fsp3) is 0.571. The quantitative estimate of drug-likeness (QED) is 0.104. The first-order valence-corrected chi connectivity index (χ1v) is 19.7. The average Bonchev–Trinajstić information content (AvgIpc) is 3.66. The van der Waals surface area contributed by atoms with Gasteiger partial charge in [-0.05, 0) is 83.1 Å². The van der Waals surface area contributed by atoms with Crippen LogP contribution in [0, 0.1) is 11.8 Å². The fourth-order valence-electron chi connectivity index (χ4n) is 7.28. The summed E-state index contributed by atoms with van der Waals surface area (Å²) in [5.74, 6) is -2.29. The molecule has 1 aromatic carbocycles. The molecule has 2 aromatic heterocycles. The van der Waals surface area contributed by atoms with Gasteiger partial charge in [0, 0.05) is 49.4 Å². The van der Waals surface area contributed by atoms with Crippen molar-refractivity contribution in [3.8, 4) is 0 Å². The van der Waals surface area contributed by atoms with E-state index in [1.54, 1.807) is 39.4 Å². The van der Waals surface area contributed by atoms with Crippen molar-refractivity contribution in [3.63, 3.8) is 0 Å². The number of primary amides is 1. The van der Waals surface area contributed by atoms with E-state index in [2.05, 4.69) is 25.6 Å². The number of rotatable bonds is 19. The maximum atomic E-state index is 14.7. The first kappa shape index (κ1) is 43.9. The Balaban J connectivity index is 1.81. The number of amides is 4. The Bertz CT molecular complexity index is 1670. The molecule has 3 aromatic rings. The van der Waals surface area contributed by atoms with E-state index in [1.807, 2.05) is 56.3 Å². The molecular weight excluding hydrogens is 713 g/mol. The summed E-state index contributed by atoms with van der Waals surface area (Å²) in [6, 6.07) is 9.53. The van der Waals surface area contributed by atoms with Crippen molar-refractivity contribution in [1.82, 2.24) is 30.5 Å². The van der Waals surface area contributed by atoms with Crippen LogP contribution in [0.25, 0.3) is 0 Å². The number of H-pyrrole nitrogens is 1. The van der Waals surface area contributed by atoms with Crippen molar-refractivity contribution in [1.29, 1.82) is 0 Å². The van der Waals surface area contributed by atoms with E-state index in [1.165, 1.54) is 11.2 Å². The number of hydrogen-bond acceptors (Lipinski definition) is 9. The van der Waals surface area contributed by atoms with Crippen LogP contribution in [0.15, 0.2) is 67.4 Å². The fourth-order valence-corrected chi connectivity index (χ4v) is 7.28. The third-order valence-electron chi connectivity index (χ3n) is 10.1. The van der Waals surface area contributed by atoms with Crippen molar-refractivity contribution < 1.29 is 29.0 Å². The van der Waals surface area contributed by atoms with Crippen LogP contribution in [0.1, 0.15) is 96.4 Å². The number of hydrogen-bond donors (Lipinski definition) is 6.